The summed E-state index contributed by atoms with van der Waals surface area (Å²) in [6.07, 6.45) is 1.22. The zero-order valence-electron chi connectivity index (χ0n) is 25.5. The number of ether oxygens (including phenoxy) is 1. The van der Waals surface area contributed by atoms with Crippen LogP contribution in [-0.2, 0) is 16.6 Å². The summed E-state index contributed by atoms with van der Waals surface area (Å²) in [5.74, 6) is 1.29. The minimum Gasteiger partial charge on any atom is -0.395 e. The number of fused-ring (bicyclic) bond motifs is 2. The molecule has 2 aliphatic rings. The number of rotatable bonds is 13. The van der Waals surface area contributed by atoms with Gasteiger partial charge in [-0.3, -0.25) is 9.47 Å². The van der Waals surface area contributed by atoms with E-state index in [0.29, 0.717) is 34.6 Å². The molecule has 10 N–H and O–H groups in total. The van der Waals surface area contributed by atoms with E-state index >= 15 is 0 Å². The molecule has 1 aromatic carbocycles. The lowest BCUT2D eigenvalue weighted by Gasteiger charge is -2.49. The molecular weight excluding hydrogens is 600 g/mol. The molecule has 0 spiro atoms. The molecule has 4 aromatic rings. The number of nitrogens with zero attached hydrogens (tertiary/aromatic N) is 6. The average molecular weight is 643 g/mol. The standard InChI is InChI=1S/C30H42N8O8/c1-29(45,10-39)38(9-21-24(43)25(44)28(46-21)37-15-34-23-26(31)32-14-33-27(23)37)18-6-16(7-18)2-5-22-35-19-4-3-17(8-20(19)36-22)30(11-40,12-41)13-42/h3-4,8,14-16,18,21,24-25,28,39-45H,2,5-7,9-13H2,1H3,(H,35,36)(H2,31,32,33)/t16?,18?,21-,24-,25-,28-,29?/m1/s1. The van der Waals surface area contributed by atoms with Gasteiger partial charge in [-0.05, 0) is 49.8 Å². The van der Waals surface area contributed by atoms with Gasteiger partial charge >= 0.3 is 0 Å². The van der Waals surface area contributed by atoms with Gasteiger partial charge in [0.2, 0.25) is 0 Å². The molecule has 1 saturated carbocycles. The van der Waals surface area contributed by atoms with Crippen molar-refractivity contribution in [2.75, 3.05) is 38.7 Å². The van der Waals surface area contributed by atoms with Crippen molar-refractivity contribution >= 4 is 28.0 Å². The lowest BCUT2D eigenvalue weighted by atomic mass is 9.75. The fourth-order valence-electron chi connectivity index (χ4n) is 6.65. The number of aromatic amines is 1. The van der Waals surface area contributed by atoms with E-state index in [-0.39, 0.29) is 18.4 Å². The van der Waals surface area contributed by atoms with Gasteiger partial charge < -0.3 is 51.2 Å². The minimum atomic E-state index is -1.59. The summed E-state index contributed by atoms with van der Waals surface area (Å²) in [5, 5.41) is 72.4. The first-order valence-electron chi connectivity index (χ1n) is 15.4. The molecule has 0 amide bonds. The van der Waals surface area contributed by atoms with Gasteiger partial charge in [-0.2, -0.15) is 0 Å². The molecule has 0 bridgehead atoms. The van der Waals surface area contributed by atoms with Gasteiger partial charge in [0.15, 0.2) is 17.7 Å². The number of aromatic nitrogens is 6. The van der Waals surface area contributed by atoms with Crippen molar-refractivity contribution < 1.29 is 40.5 Å². The van der Waals surface area contributed by atoms with Crippen LogP contribution >= 0.6 is 0 Å². The van der Waals surface area contributed by atoms with Gasteiger partial charge in [-0.25, -0.2) is 19.9 Å². The quantitative estimate of drug-likeness (QED) is 0.0756. The second-order valence-electron chi connectivity index (χ2n) is 12.9. The topological polar surface area (TPSA) is 252 Å². The van der Waals surface area contributed by atoms with Crippen LogP contribution < -0.4 is 5.73 Å². The summed E-state index contributed by atoms with van der Waals surface area (Å²) in [5.41, 5.74) is 5.96. The molecule has 0 radical (unpaired) electrons. The van der Waals surface area contributed by atoms with Crippen molar-refractivity contribution in [3.05, 3.63) is 42.2 Å². The number of nitrogens with one attached hydrogen (secondary N) is 1. The molecular formula is C30H42N8O8. The largest absolute Gasteiger partial charge is 0.395 e. The molecule has 5 atom stereocenters. The number of hydrogen-bond acceptors (Lipinski definition) is 14. The Morgan fingerprint density at radius 2 is 1.78 bits per heavy atom. The highest BCUT2D eigenvalue weighted by Crippen LogP contribution is 2.40. The number of aryl methyl sites for hydroxylation is 1. The number of imidazole rings is 2. The van der Waals surface area contributed by atoms with Crippen LogP contribution in [0.1, 0.15) is 43.8 Å². The first-order chi connectivity index (χ1) is 22.0. The van der Waals surface area contributed by atoms with Gasteiger partial charge in [0.1, 0.15) is 41.7 Å². The Hall–Kier alpha value is -3.32. The van der Waals surface area contributed by atoms with Crippen LogP contribution in [0.4, 0.5) is 5.82 Å². The van der Waals surface area contributed by atoms with E-state index in [4.69, 9.17) is 10.5 Å². The van der Waals surface area contributed by atoms with Crippen LogP contribution in [0, 0.1) is 5.92 Å². The Bertz CT molecular complexity index is 1640. The van der Waals surface area contributed by atoms with Crippen LogP contribution in [0.25, 0.3) is 22.2 Å². The maximum atomic E-state index is 11.1. The first-order valence-corrected chi connectivity index (χ1v) is 15.4. The molecule has 2 fully saturated rings. The van der Waals surface area contributed by atoms with Crippen LogP contribution in [0.3, 0.4) is 0 Å². The Labute approximate surface area is 264 Å². The molecule has 3 aromatic heterocycles. The van der Waals surface area contributed by atoms with E-state index in [2.05, 4.69) is 24.9 Å². The summed E-state index contributed by atoms with van der Waals surface area (Å²) >= 11 is 0. The van der Waals surface area contributed by atoms with Crippen LogP contribution in [0.5, 0.6) is 0 Å². The summed E-state index contributed by atoms with van der Waals surface area (Å²) in [4.78, 5) is 22.1. The van der Waals surface area contributed by atoms with Crippen LogP contribution in [0.15, 0.2) is 30.9 Å². The highest BCUT2D eigenvalue weighted by atomic mass is 16.6. The summed E-state index contributed by atoms with van der Waals surface area (Å²) in [6, 6.07) is 5.26. The molecule has 16 heteroatoms. The van der Waals surface area contributed by atoms with E-state index in [1.54, 1.807) is 17.0 Å². The SMILES string of the molecule is CC(O)(CO)N(C[C@H]1O[C@@H](n2cnc3c(N)ncnc32)[C@H](O)[C@@H]1O)C1CC(CCc2nc3cc(C(CO)(CO)CO)ccc3[nH]2)C1. The summed E-state index contributed by atoms with van der Waals surface area (Å²) in [6.45, 7) is -0.147. The molecule has 6 rings (SSSR count). The number of anilines is 1. The number of aliphatic hydroxyl groups excluding tert-OH is 6. The van der Waals surface area contributed by atoms with Crippen LogP contribution in [-0.4, -0.2) is 133 Å². The smallest absolute Gasteiger partial charge is 0.167 e. The van der Waals surface area contributed by atoms with Gasteiger partial charge in [0.25, 0.3) is 0 Å². The van der Waals surface area contributed by atoms with Gasteiger partial charge in [-0.15, -0.1) is 0 Å². The fourth-order valence-corrected chi connectivity index (χ4v) is 6.65. The Morgan fingerprint density at radius 1 is 1.04 bits per heavy atom. The normalized spacial score (nSPS) is 26.6. The lowest BCUT2D eigenvalue weighted by Crippen LogP contribution is -2.60. The number of H-pyrrole nitrogens is 1. The number of nitrogens with two attached hydrogens (primary N) is 1. The summed E-state index contributed by atoms with van der Waals surface area (Å²) in [7, 11) is 0. The molecule has 1 aliphatic carbocycles. The molecule has 1 unspecified atom stereocenters. The van der Waals surface area contributed by atoms with Crippen LogP contribution in [0.2, 0.25) is 0 Å². The first kappa shape index (κ1) is 32.6. The number of nitrogen functional groups attached to an aromatic ring is 1. The average Bonchev–Trinajstić information content (AvgIpc) is 3.73. The maximum absolute atomic E-state index is 11.1. The molecule has 1 saturated heterocycles. The Kier molecular flexibility index (Phi) is 9.01. The van der Waals surface area contributed by atoms with E-state index in [1.165, 1.54) is 24.1 Å². The molecule has 1 aliphatic heterocycles. The third-order valence-electron chi connectivity index (χ3n) is 9.79. The second-order valence-corrected chi connectivity index (χ2v) is 12.9. The van der Waals surface area contributed by atoms with E-state index in [9.17, 15) is 35.7 Å². The third kappa shape index (κ3) is 5.74. The van der Waals surface area contributed by atoms with Gasteiger partial charge in [-0.1, -0.05) is 6.07 Å². The predicted octanol–water partition coefficient (Wildman–Crippen LogP) is -1.47. The van der Waals surface area contributed by atoms with Crippen molar-refractivity contribution in [2.24, 2.45) is 5.92 Å². The van der Waals surface area contributed by atoms with Crippen molar-refractivity contribution in [2.45, 2.75) is 74.3 Å². The lowest BCUT2D eigenvalue weighted by molar-refractivity contribution is -0.179. The number of benzene rings is 1. The predicted molar refractivity (Wildman–Crippen MR) is 164 cm³/mol. The minimum absolute atomic E-state index is 0.0618. The number of hydrogen-bond donors (Lipinski definition) is 9. The summed E-state index contributed by atoms with van der Waals surface area (Å²) < 4.78 is 7.61. The van der Waals surface area contributed by atoms with E-state index in [0.717, 1.165) is 30.6 Å². The highest BCUT2D eigenvalue weighted by molar-refractivity contribution is 5.81. The molecule has 250 valence electrons. The molecule has 16 nitrogen and oxygen atoms in total. The Morgan fingerprint density at radius 3 is 2.48 bits per heavy atom. The van der Waals surface area contributed by atoms with Gasteiger partial charge in [0.05, 0.1) is 49.2 Å². The zero-order valence-corrected chi connectivity index (χ0v) is 25.5. The van der Waals surface area contributed by atoms with E-state index in [1.807, 2.05) is 6.07 Å². The van der Waals surface area contributed by atoms with Crippen molar-refractivity contribution in [3.8, 4) is 0 Å². The fraction of sp³-hybridized carbons (Fsp3) is 0.600. The van der Waals surface area contributed by atoms with Crippen molar-refractivity contribution in [1.29, 1.82) is 0 Å². The van der Waals surface area contributed by atoms with Crippen molar-refractivity contribution in [3.63, 3.8) is 0 Å². The molecule has 46 heavy (non-hydrogen) atoms. The Balaban J connectivity index is 1.09. The third-order valence-corrected chi connectivity index (χ3v) is 9.79. The maximum Gasteiger partial charge on any atom is 0.167 e. The van der Waals surface area contributed by atoms with Gasteiger partial charge in [0, 0.05) is 19.0 Å². The highest BCUT2D eigenvalue weighted by Gasteiger charge is 2.49. The monoisotopic (exact) mass is 642 g/mol. The van der Waals surface area contributed by atoms with E-state index < -0.39 is 62.1 Å². The molecule has 4 heterocycles. The van der Waals surface area contributed by atoms with Crippen molar-refractivity contribution in [1.82, 2.24) is 34.4 Å². The second kappa shape index (κ2) is 12.7. The number of aliphatic hydroxyl groups is 7. The zero-order chi connectivity index (χ0) is 32.8.